The number of alkyl halides is 1. The molecule has 506 valence electrons. The quantitative estimate of drug-likeness (QED) is 0.0161. The van der Waals surface area contributed by atoms with Crippen molar-refractivity contribution < 1.29 is 76.0 Å². The van der Waals surface area contributed by atoms with Gasteiger partial charge in [-0.1, -0.05) is 89.2 Å². The average molecular weight is 1350 g/mol. The number of anilines is 1. The molecule has 0 unspecified atom stereocenters. The third-order valence-electron chi connectivity index (χ3n) is 15.6. The van der Waals surface area contributed by atoms with Gasteiger partial charge in [-0.05, 0) is 77.9 Å². The molecule has 3 N–H and O–H groups in total. The van der Waals surface area contributed by atoms with Gasteiger partial charge < -0.3 is 49.3 Å². The zero-order valence-corrected chi connectivity index (χ0v) is 55.5. The first-order chi connectivity index (χ1) is 44.5. The molecule has 3 atom stereocenters. The molecular weight excluding hydrogens is 1260 g/mol. The fourth-order valence-electron chi connectivity index (χ4n) is 10.4. The van der Waals surface area contributed by atoms with Crippen LogP contribution in [0.2, 0.25) is 0 Å². The van der Waals surface area contributed by atoms with Crippen LogP contribution in [0.25, 0.3) is 22.0 Å². The second-order valence-corrected chi connectivity index (χ2v) is 23.7. The number of ether oxygens (including phenoxy) is 6. The zero-order chi connectivity index (χ0) is 66.5. The van der Waals surface area contributed by atoms with E-state index < -0.39 is 36.0 Å². The molecule has 1 saturated heterocycles. The van der Waals surface area contributed by atoms with Gasteiger partial charge in [0, 0.05) is 88.4 Å². The fourth-order valence-corrected chi connectivity index (χ4v) is 10.7. The van der Waals surface area contributed by atoms with Crippen LogP contribution in [0, 0.1) is 6.92 Å². The van der Waals surface area contributed by atoms with Crippen molar-refractivity contribution >= 4 is 85.6 Å². The van der Waals surface area contributed by atoms with Crippen LogP contribution in [0.15, 0.2) is 47.3 Å². The van der Waals surface area contributed by atoms with Crippen LogP contribution in [0.4, 0.5) is 10.2 Å². The summed E-state index contributed by atoms with van der Waals surface area (Å²) in [6.45, 7) is 3.78. The summed E-state index contributed by atoms with van der Waals surface area (Å²) in [4.78, 5) is 128. The lowest BCUT2D eigenvalue weighted by Gasteiger charge is -2.24. The van der Waals surface area contributed by atoms with Gasteiger partial charge in [0.1, 0.15) is 65.7 Å². The molecule has 1 aromatic carbocycles. The van der Waals surface area contributed by atoms with Crippen molar-refractivity contribution in [3.05, 3.63) is 64.4 Å². The number of aromatic nitrogens is 5. The Morgan fingerprint density at radius 2 is 1.30 bits per heavy atom. The van der Waals surface area contributed by atoms with E-state index >= 15 is 0 Å². The highest BCUT2D eigenvalue weighted by Crippen LogP contribution is 2.29. The molecule has 26 heteroatoms. The second-order valence-electron chi connectivity index (χ2n) is 22.9. The number of hydrogen-bond donors (Lipinski definition) is 3. The van der Waals surface area contributed by atoms with Gasteiger partial charge in [-0.3, -0.25) is 43.0 Å². The first kappa shape index (κ1) is 75.7. The number of methoxy groups -OCH3 is 2. The van der Waals surface area contributed by atoms with Gasteiger partial charge in [0.05, 0.1) is 59.3 Å². The zero-order valence-electron chi connectivity index (χ0n) is 53.9. The molecule has 5 rings (SSSR count). The first-order valence-electron chi connectivity index (χ1n) is 32.2. The summed E-state index contributed by atoms with van der Waals surface area (Å²) in [5.74, 6) is -2.17. The molecule has 4 heterocycles. The summed E-state index contributed by atoms with van der Waals surface area (Å²) in [6, 6.07) is 6.78. The lowest BCUT2D eigenvalue weighted by atomic mass is 10.0. The maximum Gasteiger partial charge on any atom is 0.328 e. The van der Waals surface area contributed by atoms with Crippen LogP contribution in [0.1, 0.15) is 170 Å². The lowest BCUT2D eigenvalue weighted by molar-refractivity contribution is -0.145. The Labute approximate surface area is 546 Å². The summed E-state index contributed by atoms with van der Waals surface area (Å²) in [5.41, 5.74) is 2.62. The average Bonchev–Trinajstić information content (AvgIpc) is 1.63. The molecule has 92 heavy (non-hydrogen) atoms. The molecule has 24 nitrogen and oxygen atoms in total. The molecule has 3 aromatic heterocycles. The number of carbonyl (C=O) groups is 9. The summed E-state index contributed by atoms with van der Waals surface area (Å²) in [5, 5.41) is 13.1. The molecule has 0 spiro atoms. The molecule has 1 aliphatic rings. The number of nitrogens with one attached hydrogen (secondary N) is 3. The first-order valence-corrected chi connectivity index (χ1v) is 33.0. The monoisotopic (exact) mass is 1350 g/mol. The number of aryl methyl sites for hydroxylation is 2. The number of ketones is 3. The number of carbonyl (C=O) groups excluding carboxylic acids is 9. The van der Waals surface area contributed by atoms with Gasteiger partial charge in [-0.2, -0.15) is 5.10 Å². The highest BCUT2D eigenvalue weighted by molar-refractivity contribution is 9.10. The van der Waals surface area contributed by atoms with Crippen molar-refractivity contribution in [1.82, 2.24) is 40.3 Å². The van der Waals surface area contributed by atoms with E-state index in [-0.39, 0.29) is 145 Å². The van der Waals surface area contributed by atoms with E-state index in [2.05, 4.69) is 56.7 Å². The number of benzene rings is 1. The van der Waals surface area contributed by atoms with E-state index in [1.54, 1.807) is 49.6 Å². The van der Waals surface area contributed by atoms with Crippen molar-refractivity contribution in [2.45, 2.75) is 186 Å². The number of likely N-dealkylation sites (tertiary alicyclic amines) is 1. The molecule has 0 radical (unpaired) electrons. The van der Waals surface area contributed by atoms with Gasteiger partial charge >= 0.3 is 11.9 Å². The normalized spacial score (nSPS) is 14.0. The summed E-state index contributed by atoms with van der Waals surface area (Å²) < 4.78 is 48.1. The Balaban J connectivity index is 0.835. The standard InChI is InChI=1S/C66H93BrFN9O15/c1-46-23-29-57(67)73-64(46)74-65(85)56-39-50(68)42-76(56)61(83)43-77-55-28-24-48(38-53(55)63(75-77)47(2)78)49-40-70-58(71-41-49)30-26-52(80)44-91-36-35-90-33-31-69-60(82)45-92-37-34-89-32-19-20-51(79)25-27-54(66(86)88-4)72-59(81)21-17-15-13-11-9-7-5-6-8-10-12-14-16-18-22-62(84)87-3/h23-24,28-29,38,40-41,50,54,56H,5-22,25-27,30-37,39,42-45H2,1-4H3,(H,69,82)(H,72,81)(H,73,74,85)/t50-,54+,56+/m1/s1. The Kier molecular flexibility index (Phi) is 35.4. The second kappa shape index (κ2) is 43.0. The Morgan fingerprint density at radius 3 is 1.96 bits per heavy atom. The number of hydrogen-bond acceptors (Lipinski definition) is 19. The van der Waals surface area contributed by atoms with Crippen LogP contribution in [0.3, 0.4) is 0 Å². The Morgan fingerprint density at radius 1 is 0.674 bits per heavy atom. The molecule has 0 aliphatic carbocycles. The Bertz CT molecular complexity index is 3000. The molecule has 4 aromatic rings. The van der Waals surface area contributed by atoms with Gasteiger partial charge in [0.25, 0.3) is 0 Å². The largest absolute Gasteiger partial charge is 0.469 e. The minimum absolute atomic E-state index is 0.0563. The topological polar surface area (TPSA) is 305 Å². The molecule has 4 amide bonds. The number of unbranched alkanes of at least 4 members (excludes halogenated alkanes) is 13. The number of halogens is 2. The SMILES string of the molecule is COC(=O)CCCCCCCCCCCCCCCCC(=O)N[C@@H](CCC(=O)CCCOCCOCC(=O)NCCOCCOCC(=O)CCc1ncc(-c2ccc3c(c2)c(C(C)=O)nn3CC(=O)N2C[C@H](F)C[C@H]2C(=O)Nc2nc(Br)ccc2C)cn1)C(=O)OC. The predicted molar refractivity (Wildman–Crippen MR) is 344 cm³/mol. The number of rotatable bonds is 48. The highest BCUT2D eigenvalue weighted by Gasteiger charge is 2.40. The maximum atomic E-state index is 14.8. The number of amides is 4. The minimum Gasteiger partial charge on any atom is -0.469 e. The maximum absolute atomic E-state index is 14.8. The van der Waals surface area contributed by atoms with E-state index in [0.717, 1.165) is 38.5 Å². The van der Waals surface area contributed by atoms with E-state index in [0.29, 0.717) is 69.7 Å². The van der Waals surface area contributed by atoms with E-state index in [4.69, 9.17) is 23.7 Å². The molecular formula is C66H93BrFN9O15. The van der Waals surface area contributed by atoms with E-state index in [9.17, 15) is 47.5 Å². The lowest BCUT2D eigenvalue weighted by Crippen LogP contribution is -2.44. The Hall–Kier alpha value is -7.00. The van der Waals surface area contributed by atoms with Crippen molar-refractivity contribution in [2.24, 2.45) is 0 Å². The van der Waals surface area contributed by atoms with Crippen LogP contribution in [-0.4, -0.2) is 181 Å². The van der Waals surface area contributed by atoms with Crippen molar-refractivity contribution in [3.8, 4) is 11.1 Å². The summed E-state index contributed by atoms with van der Waals surface area (Å²) in [7, 11) is 2.68. The number of fused-ring (bicyclic) bond motifs is 1. The number of esters is 2. The smallest absolute Gasteiger partial charge is 0.328 e. The van der Waals surface area contributed by atoms with Gasteiger partial charge in [0.2, 0.25) is 23.6 Å². The van der Waals surface area contributed by atoms with E-state index in [1.807, 2.05) is 0 Å². The molecule has 0 saturated carbocycles. The van der Waals surface area contributed by atoms with Crippen LogP contribution >= 0.6 is 15.9 Å². The number of pyridine rings is 1. The van der Waals surface area contributed by atoms with Gasteiger partial charge in [-0.25, -0.2) is 24.1 Å². The third-order valence-corrected chi connectivity index (χ3v) is 16.0. The highest BCUT2D eigenvalue weighted by atomic mass is 79.9. The summed E-state index contributed by atoms with van der Waals surface area (Å²) in [6.07, 6.45) is 19.5. The number of Topliss-reactive ketones (excluding diaryl/α,β-unsaturated/α-hetero) is 3. The van der Waals surface area contributed by atoms with Crippen LogP contribution < -0.4 is 16.0 Å². The van der Waals surface area contributed by atoms with Gasteiger partial charge in [0.15, 0.2) is 11.6 Å². The van der Waals surface area contributed by atoms with Crippen molar-refractivity contribution in [2.75, 3.05) is 85.5 Å². The molecule has 1 fully saturated rings. The number of nitrogens with zero attached hydrogens (tertiary/aromatic N) is 6. The van der Waals surface area contributed by atoms with Gasteiger partial charge in [-0.15, -0.1) is 0 Å². The van der Waals surface area contributed by atoms with Crippen LogP contribution in [-0.2, 0) is 79.7 Å². The predicted octanol–water partition coefficient (Wildman–Crippen LogP) is 8.63. The molecule has 0 bridgehead atoms. The fraction of sp³-hybridized carbons (Fsp3) is 0.621. The van der Waals surface area contributed by atoms with Crippen molar-refractivity contribution in [1.29, 1.82) is 0 Å². The molecule has 1 aliphatic heterocycles. The third kappa shape index (κ3) is 28.5. The van der Waals surface area contributed by atoms with E-state index in [1.165, 1.54) is 82.1 Å². The minimum atomic E-state index is -1.41. The van der Waals surface area contributed by atoms with Crippen LogP contribution in [0.5, 0.6) is 0 Å². The summed E-state index contributed by atoms with van der Waals surface area (Å²) >= 11 is 3.29. The van der Waals surface area contributed by atoms with Crippen molar-refractivity contribution in [3.63, 3.8) is 0 Å².